The molecule has 1 saturated carbocycles. The summed E-state index contributed by atoms with van der Waals surface area (Å²) in [6, 6.07) is 5.11. The Morgan fingerprint density at radius 1 is 1.17 bits per heavy atom. The van der Waals surface area contributed by atoms with Crippen molar-refractivity contribution in [3.63, 3.8) is 0 Å². The van der Waals surface area contributed by atoms with E-state index in [0.29, 0.717) is 24.9 Å². The Kier molecular flexibility index (Phi) is 5.50. The van der Waals surface area contributed by atoms with Crippen LogP contribution in [0.4, 0.5) is 0 Å². The fraction of sp³-hybridized carbons (Fsp3) is 0.696. The van der Waals surface area contributed by atoms with Gasteiger partial charge in [-0.25, -0.2) is 0 Å². The molecule has 30 heavy (non-hydrogen) atoms. The van der Waals surface area contributed by atoms with Crippen LogP contribution in [0.2, 0.25) is 0 Å². The van der Waals surface area contributed by atoms with Gasteiger partial charge in [-0.05, 0) is 44.7 Å². The number of pyridine rings is 1. The average Bonchev–Trinajstić information content (AvgIpc) is 3.10. The number of aryl methyl sites for hydroxylation is 1. The van der Waals surface area contributed by atoms with Gasteiger partial charge in [-0.3, -0.25) is 14.6 Å². The third-order valence-electron chi connectivity index (χ3n) is 7.31. The number of hydrogen-bond acceptors (Lipinski definition) is 5. The molecule has 162 valence electrons. The summed E-state index contributed by atoms with van der Waals surface area (Å²) >= 11 is 0. The standard InChI is InChI=1S/C23H34N6O/c1-3-9-27-16-24-25-22(27)15-26(2)13-18-7-8-21-19-10-17(12-29(21)23(18)30)11-28(14-19)20-5-4-6-20/h7-8,16-17,19-20H,3-6,9-15H2,1-2H3/t17-,19+/m0/s1. The molecular weight excluding hydrogens is 376 g/mol. The molecule has 7 heteroatoms. The van der Waals surface area contributed by atoms with Crippen molar-refractivity contribution in [2.24, 2.45) is 5.92 Å². The summed E-state index contributed by atoms with van der Waals surface area (Å²) in [5.74, 6) is 2.10. The summed E-state index contributed by atoms with van der Waals surface area (Å²) < 4.78 is 4.20. The summed E-state index contributed by atoms with van der Waals surface area (Å²) in [6.45, 7) is 7.61. The highest BCUT2D eigenvalue weighted by Crippen LogP contribution is 2.38. The highest BCUT2D eigenvalue weighted by atomic mass is 16.1. The van der Waals surface area contributed by atoms with E-state index in [2.05, 4.69) is 55.2 Å². The zero-order chi connectivity index (χ0) is 20.7. The SMILES string of the molecule is CCCn1cnnc1CN(C)Cc1ccc2n(c1=O)C[C@H]1C[C@@H]2CN(C2CCC2)C1. The first-order chi connectivity index (χ1) is 14.6. The quantitative estimate of drug-likeness (QED) is 0.702. The first kappa shape index (κ1) is 19.9. The molecule has 1 saturated heterocycles. The normalized spacial score (nSPS) is 24.1. The van der Waals surface area contributed by atoms with Gasteiger partial charge in [0.15, 0.2) is 0 Å². The molecule has 2 atom stereocenters. The number of nitrogens with zero attached hydrogens (tertiary/aromatic N) is 6. The average molecular weight is 411 g/mol. The van der Waals surface area contributed by atoms with Crippen LogP contribution in [-0.2, 0) is 26.2 Å². The van der Waals surface area contributed by atoms with Crippen LogP contribution >= 0.6 is 0 Å². The van der Waals surface area contributed by atoms with Crippen LogP contribution in [0.1, 0.15) is 62.0 Å². The summed E-state index contributed by atoms with van der Waals surface area (Å²) in [4.78, 5) is 18.2. The molecule has 0 unspecified atom stereocenters. The molecule has 5 rings (SSSR count). The maximum absolute atomic E-state index is 13.3. The second-order valence-electron chi connectivity index (χ2n) is 9.65. The molecule has 2 fully saturated rings. The van der Waals surface area contributed by atoms with Gasteiger partial charge in [-0.2, -0.15) is 0 Å². The van der Waals surface area contributed by atoms with Crippen LogP contribution in [0, 0.1) is 5.92 Å². The minimum atomic E-state index is 0.209. The Hall–Kier alpha value is -1.99. The molecule has 0 amide bonds. The van der Waals surface area contributed by atoms with E-state index in [1.165, 1.54) is 37.9 Å². The predicted molar refractivity (Wildman–Crippen MR) is 116 cm³/mol. The summed E-state index contributed by atoms with van der Waals surface area (Å²) in [5.41, 5.74) is 2.36. The van der Waals surface area contributed by atoms with E-state index in [9.17, 15) is 4.79 Å². The summed E-state index contributed by atoms with van der Waals surface area (Å²) in [6.07, 6.45) is 8.22. The summed E-state index contributed by atoms with van der Waals surface area (Å²) in [7, 11) is 2.06. The number of hydrogen-bond donors (Lipinski definition) is 0. The minimum absolute atomic E-state index is 0.209. The molecule has 4 heterocycles. The van der Waals surface area contributed by atoms with E-state index >= 15 is 0 Å². The second-order valence-corrected chi connectivity index (χ2v) is 9.65. The number of likely N-dealkylation sites (tertiary alicyclic amines) is 1. The van der Waals surface area contributed by atoms with Crippen molar-refractivity contribution >= 4 is 0 Å². The van der Waals surface area contributed by atoms with E-state index < -0.39 is 0 Å². The Morgan fingerprint density at radius 2 is 2.03 bits per heavy atom. The smallest absolute Gasteiger partial charge is 0.255 e. The highest BCUT2D eigenvalue weighted by molar-refractivity contribution is 5.22. The molecule has 3 aliphatic rings. The topological polar surface area (TPSA) is 59.2 Å². The van der Waals surface area contributed by atoms with Gasteiger partial charge in [0.2, 0.25) is 0 Å². The lowest BCUT2D eigenvalue weighted by molar-refractivity contribution is 0.0475. The molecular formula is C23H34N6O. The first-order valence-electron chi connectivity index (χ1n) is 11.6. The van der Waals surface area contributed by atoms with Gasteiger partial charge in [0.1, 0.15) is 12.2 Å². The zero-order valence-corrected chi connectivity index (χ0v) is 18.3. The second kappa shape index (κ2) is 8.27. The third-order valence-corrected chi connectivity index (χ3v) is 7.31. The zero-order valence-electron chi connectivity index (χ0n) is 18.3. The van der Waals surface area contributed by atoms with Crippen molar-refractivity contribution in [1.29, 1.82) is 0 Å². The fourth-order valence-corrected chi connectivity index (χ4v) is 5.62. The monoisotopic (exact) mass is 410 g/mol. The molecule has 0 spiro atoms. The van der Waals surface area contributed by atoms with E-state index in [-0.39, 0.29) is 5.56 Å². The molecule has 0 N–H and O–H groups in total. The van der Waals surface area contributed by atoms with E-state index in [1.807, 2.05) is 0 Å². The Labute approximate surface area is 178 Å². The van der Waals surface area contributed by atoms with Crippen molar-refractivity contribution < 1.29 is 0 Å². The van der Waals surface area contributed by atoms with Crippen molar-refractivity contribution in [3.8, 4) is 0 Å². The lowest BCUT2D eigenvalue weighted by atomic mass is 9.80. The van der Waals surface area contributed by atoms with E-state index in [0.717, 1.165) is 43.5 Å². The van der Waals surface area contributed by atoms with Crippen LogP contribution in [0.15, 0.2) is 23.3 Å². The molecule has 1 aliphatic carbocycles. The molecule has 7 nitrogen and oxygen atoms in total. The van der Waals surface area contributed by atoms with Crippen LogP contribution in [0.5, 0.6) is 0 Å². The lowest BCUT2D eigenvalue weighted by Crippen LogP contribution is -2.52. The van der Waals surface area contributed by atoms with Gasteiger partial charge in [0, 0.05) is 55.9 Å². The van der Waals surface area contributed by atoms with Gasteiger partial charge in [0.25, 0.3) is 5.56 Å². The van der Waals surface area contributed by atoms with Gasteiger partial charge in [-0.1, -0.05) is 19.4 Å². The maximum atomic E-state index is 13.3. The van der Waals surface area contributed by atoms with Crippen molar-refractivity contribution in [2.75, 3.05) is 20.1 Å². The van der Waals surface area contributed by atoms with Crippen LogP contribution < -0.4 is 5.56 Å². The summed E-state index contributed by atoms with van der Waals surface area (Å²) in [5, 5.41) is 8.32. The van der Waals surface area contributed by atoms with E-state index in [1.54, 1.807) is 6.33 Å². The molecule has 2 bridgehead atoms. The first-order valence-corrected chi connectivity index (χ1v) is 11.6. The number of aromatic nitrogens is 4. The number of piperidine rings is 1. The number of rotatable bonds is 7. The van der Waals surface area contributed by atoms with Crippen LogP contribution in [-0.4, -0.2) is 55.3 Å². The Balaban J connectivity index is 1.31. The molecule has 2 aromatic rings. The van der Waals surface area contributed by atoms with Gasteiger partial charge >= 0.3 is 0 Å². The Morgan fingerprint density at radius 3 is 2.80 bits per heavy atom. The van der Waals surface area contributed by atoms with Crippen molar-refractivity contribution in [1.82, 2.24) is 29.1 Å². The number of fused-ring (bicyclic) bond motifs is 4. The maximum Gasteiger partial charge on any atom is 0.255 e. The largest absolute Gasteiger partial charge is 0.317 e. The van der Waals surface area contributed by atoms with Gasteiger partial charge in [-0.15, -0.1) is 10.2 Å². The fourth-order valence-electron chi connectivity index (χ4n) is 5.62. The van der Waals surface area contributed by atoms with Crippen molar-refractivity contribution in [2.45, 2.75) is 77.2 Å². The molecule has 0 radical (unpaired) electrons. The predicted octanol–water partition coefficient (Wildman–Crippen LogP) is 2.45. The van der Waals surface area contributed by atoms with Crippen LogP contribution in [0.3, 0.4) is 0 Å². The molecule has 2 aliphatic heterocycles. The van der Waals surface area contributed by atoms with E-state index in [4.69, 9.17) is 0 Å². The lowest BCUT2D eigenvalue weighted by Gasteiger charge is -2.48. The van der Waals surface area contributed by atoms with Gasteiger partial charge < -0.3 is 9.13 Å². The third kappa shape index (κ3) is 3.73. The van der Waals surface area contributed by atoms with Gasteiger partial charge in [0.05, 0.1) is 6.54 Å². The minimum Gasteiger partial charge on any atom is -0.317 e. The van der Waals surface area contributed by atoms with Crippen LogP contribution in [0.25, 0.3) is 0 Å². The van der Waals surface area contributed by atoms with Crippen molar-refractivity contribution in [3.05, 3.63) is 45.9 Å². The Bertz CT molecular complexity index is 945. The highest BCUT2D eigenvalue weighted by Gasteiger charge is 2.38. The molecule has 2 aromatic heterocycles. The molecule has 0 aromatic carbocycles.